The third kappa shape index (κ3) is 2.85. The van der Waals surface area contributed by atoms with Crippen LogP contribution in [0.2, 0.25) is 0 Å². The van der Waals surface area contributed by atoms with Crippen molar-refractivity contribution in [2.75, 3.05) is 11.9 Å². The van der Waals surface area contributed by atoms with Gasteiger partial charge in [0, 0.05) is 12.6 Å². The summed E-state index contributed by atoms with van der Waals surface area (Å²) in [5.41, 5.74) is 0.566. The molecule has 1 aromatic rings. The van der Waals surface area contributed by atoms with Crippen LogP contribution >= 0.6 is 0 Å². The number of aromatic nitrogens is 1. The molecule has 0 saturated heterocycles. The Hall–Kier alpha value is -1.65. The van der Waals surface area contributed by atoms with Crippen LogP contribution in [0.4, 0.5) is 11.5 Å². The molecule has 0 atom stereocenters. The van der Waals surface area contributed by atoms with Crippen molar-refractivity contribution in [2.24, 2.45) is 17.8 Å². The topological polar surface area (TPSA) is 68.1 Å². The minimum atomic E-state index is -0.386. The van der Waals surface area contributed by atoms with Crippen LogP contribution in [0.5, 0.6) is 0 Å². The molecule has 0 aliphatic heterocycles. The number of nitro groups is 1. The zero-order valence-corrected chi connectivity index (χ0v) is 11.1. The van der Waals surface area contributed by atoms with E-state index in [0.29, 0.717) is 5.69 Å². The largest absolute Gasteiger partial charge is 0.370 e. The zero-order chi connectivity index (χ0) is 13.4. The average Bonchev–Trinajstić information content (AvgIpc) is 3.23. The number of nitrogens with zero attached hydrogens (tertiary/aromatic N) is 2. The lowest BCUT2D eigenvalue weighted by Crippen LogP contribution is -2.19. The summed E-state index contributed by atoms with van der Waals surface area (Å²) in [7, 11) is 0. The summed E-state index contributed by atoms with van der Waals surface area (Å²) in [4.78, 5) is 14.6. The van der Waals surface area contributed by atoms with Crippen molar-refractivity contribution in [1.29, 1.82) is 0 Å². The molecule has 102 valence electrons. The van der Waals surface area contributed by atoms with Gasteiger partial charge in [0.15, 0.2) is 0 Å². The van der Waals surface area contributed by atoms with E-state index in [9.17, 15) is 10.1 Å². The van der Waals surface area contributed by atoms with Gasteiger partial charge in [-0.1, -0.05) is 0 Å². The molecule has 0 amide bonds. The second-order valence-corrected chi connectivity index (χ2v) is 5.78. The van der Waals surface area contributed by atoms with Crippen molar-refractivity contribution < 1.29 is 4.92 Å². The van der Waals surface area contributed by atoms with Crippen LogP contribution in [0.25, 0.3) is 0 Å². The molecule has 0 radical (unpaired) electrons. The van der Waals surface area contributed by atoms with Crippen molar-refractivity contribution in [3.05, 3.63) is 27.9 Å². The Kier molecular flexibility index (Phi) is 3.12. The third-order valence-electron chi connectivity index (χ3n) is 4.23. The molecule has 3 rings (SSSR count). The summed E-state index contributed by atoms with van der Waals surface area (Å²) in [5.74, 6) is 3.34. The fraction of sp³-hybridized carbons (Fsp3) is 0.643. The number of aryl methyl sites for hydroxylation is 1. The number of hydrogen-bond acceptors (Lipinski definition) is 4. The van der Waals surface area contributed by atoms with Crippen molar-refractivity contribution in [3.8, 4) is 0 Å². The molecule has 2 fully saturated rings. The maximum absolute atomic E-state index is 10.7. The van der Waals surface area contributed by atoms with Gasteiger partial charge in [-0.3, -0.25) is 10.1 Å². The second kappa shape index (κ2) is 4.79. The lowest BCUT2D eigenvalue weighted by Gasteiger charge is -2.16. The fourth-order valence-corrected chi connectivity index (χ4v) is 2.83. The summed E-state index contributed by atoms with van der Waals surface area (Å²) in [5, 5.41) is 14.1. The first-order chi connectivity index (χ1) is 9.15. The Morgan fingerprint density at radius 3 is 2.47 bits per heavy atom. The predicted molar refractivity (Wildman–Crippen MR) is 73.1 cm³/mol. The van der Waals surface area contributed by atoms with Crippen molar-refractivity contribution in [3.63, 3.8) is 0 Å². The van der Waals surface area contributed by atoms with Crippen LogP contribution in [0, 0.1) is 34.8 Å². The summed E-state index contributed by atoms with van der Waals surface area (Å²) in [6.07, 6.45) is 5.48. The number of rotatable bonds is 6. The second-order valence-electron chi connectivity index (χ2n) is 5.78. The molecule has 2 aliphatic carbocycles. The van der Waals surface area contributed by atoms with Gasteiger partial charge in [-0.25, -0.2) is 4.98 Å². The Morgan fingerprint density at radius 1 is 1.37 bits per heavy atom. The summed E-state index contributed by atoms with van der Waals surface area (Å²) >= 11 is 0. The third-order valence-corrected chi connectivity index (χ3v) is 4.23. The number of hydrogen-bond donors (Lipinski definition) is 1. The highest BCUT2D eigenvalue weighted by Crippen LogP contribution is 2.49. The van der Waals surface area contributed by atoms with Gasteiger partial charge in [0.05, 0.1) is 4.92 Å². The van der Waals surface area contributed by atoms with E-state index in [0.717, 1.165) is 30.1 Å². The van der Waals surface area contributed by atoms with Crippen LogP contribution in [-0.4, -0.2) is 16.5 Å². The predicted octanol–water partition coefficient (Wildman–Crippen LogP) is 3.15. The Balaban J connectivity index is 1.63. The van der Waals surface area contributed by atoms with E-state index in [-0.39, 0.29) is 10.6 Å². The Labute approximate surface area is 112 Å². The molecular weight excluding hydrogens is 242 g/mol. The van der Waals surface area contributed by atoms with Crippen LogP contribution in [0.3, 0.4) is 0 Å². The molecule has 5 heteroatoms. The maximum atomic E-state index is 10.7. The van der Waals surface area contributed by atoms with E-state index < -0.39 is 0 Å². The highest BCUT2D eigenvalue weighted by atomic mass is 16.6. The van der Waals surface area contributed by atoms with Crippen molar-refractivity contribution in [1.82, 2.24) is 4.98 Å². The van der Waals surface area contributed by atoms with E-state index in [1.54, 1.807) is 13.0 Å². The van der Waals surface area contributed by atoms with Gasteiger partial charge in [-0.15, -0.1) is 0 Å². The molecule has 5 nitrogen and oxygen atoms in total. The van der Waals surface area contributed by atoms with Crippen molar-refractivity contribution in [2.45, 2.75) is 32.6 Å². The molecule has 1 N–H and O–H groups in total. The van der Waals surface area contributed by atoms with E-state index in [1.807, 2.05) is 0 Å². The first-order valence-corrected chi connectivity index (χ1v) is 7.01. The molecule has 1 heterocycles. The summed E-state index contributed by atoms with van der Waals surface area (Å²) < 4.78 is 0. The van der Waals surface area contributed by atoms with Gasteiger partial charge in [-0.05, 0) is 56.4 Å². The van der Waals surface area contributed by atoms with Crippen LogP contribution in [0.15, 0.2) is 12.1 Å². The molecule has 19 heavy (non-hydrogen) atoms. The van der Waals surface area contributed by atoms with Crippen LogP contribution < -0.4 is 5.32 Å². The van der Waals surface area contributed by atoms with Crippen LogP contribution in [0.1, 0.15) is 31.4 Å². The van der Waals surface area contributed by atoms with E-state index >= 15 is 0 Å². The highest BCUT2D eigenvalue weighted by molar-refractivity contribution is 5.44. The van der Waals surface area contributed by atoms with E-state index in [2.05, 4.69) is 10.3 Å². The van der Waals surface area contributed by atoms with Gasteiger partial charge in [0.1, 0.15) is 11.5 Å². The standard InChI is InChI=1S/C14H19N3O2/c1-9-13(17(18)19)6-7-14(16-9)15-8-12(10-2-3-10)11-4-5-11/h6-7,10-12H,2-5,8H2,1H3,(H,15,16). The highest BCUT2D eigenvalue weighted by Gasteiger charge is 2.41. The number of nitrogens with one attached hydrogen (secondary N) is 1. The zero-order valence-electron chi connectivity index (χ0n) is 11.1. The summed E-state index contributed by atoms with van der Waals surface area (Å²) in [6, 6.07) is 3.25. The lowest BCUT2D eigenvalue weighted by atomic mass is 9.98. The molecule has 0 aromatic carbocycles. The minimum absolute atomic E-state index is 0.0893. The molecule has 0 unspecified atom stereocenters. The first-order valence-electron chi connectivity index (χ1n) is 7.01. The molecular formula is C14H19N3O2. The summed E-state index contributed by atoms with van der Waals surface area (Å²) in [6.45, 7) is 2.64. The lowest BCUT2D eigenvalue weighted by molar-refractivity contribution is -0.385. The molecule has 2 aliphatic rings. The van der Waals surface area contributed by atoms with Crippen molar-refractivity contribution >= 4 is 11.5 Å². The van der Waals surface area contributed by atoms with Gasteiger partial charge in [0.25, 0.3) is 5.69 Å². The smallest absolute Gasteiger partial charge is 0.290 e. The normalized spacial score (nSPS) is 18.6. The molecule has 0 spiro atoms. The number of pyridine rings is 1. The van der Waals surface area contributed by atoms with Gasteiger partial charge >= 0.3 is 0 Å². The number of anilines is 1. The first kappa shape index (κ1) is 12.4. The van der Waals surface area contributed by atoms with Gasteiger partial charge in [0.2, 0.25) is 0 Å². The van der Waals surface area contributed by atoms with E-state index in [1.165, 1.54) is 31.7 Å². The fourth-order valence-electron chi connectivity index (χ4n) is 2.83. The minimum Gasteiger partial charge on any atom is -0.370 e. The molecule has 2 saturated carbocycles. The van der Waals surface area contributed by atoms with Crippen LogP contribution in [-0.2, 0) is 0 Å². The molecule has 0 bridgehead atoms. The SMILES string of the molecule is Cc1nc(NCC(C2CC2)C2CC2)ccc1[N+](=O)[O-]. The monoisotopic (exact) mass is 261 g/mol. The molecule has 1 aromatic heterocycles. The van der Waals surface area contributed by atoms with Gasteiger partial charge < -0.3 is 5.32 Å². The van der Waals surface area contributed by atoms with Gasteiger partial charge in [-0.2, -0.15) is 0 Å². The Bertz CT molecular complexity index is 483. The van der Waals surface area contributed by atoms with E-state index in [4.69, 9.17) is 0 Å². The quantitative estimate of drug-likeness (QED) is 0.631. The average molecular weight is 261 g/mol. The maximum Gasteiger partial charge on any atom is 0.290 e. The Morgan fingerprint density at radius 2 is 2.00 bits per heavy atom.